The Morgan fingerprint density at radius 3 is 2.92 bits per heavy atom. The van der Waals surface area contributed by atoms with Gasteiger partial charge in [0.1, 0.15) is 5.01 Å². The maximum atomic E-state index is 13.0. The lowest BCUT2D eigenvalue weighted by Crippen LogP contribution is -2.47. The first kappa shape index (κ1) is 15.8. The minimum atomic E-state index is -0.233. The molecule has 24 heavy (non-hydrogen) atoms. The molecule has 0 radical (unpaired) electrons. The number of nitrogens with one attached hydrogen (secondary N) is 1. The van der Waals surface area contributed by atoms with E-state index in [4.69, 9.17) is 4.98 Å². The van der Waals surface area contributed by atoms with Gasteiger partial charge >= 0.3 is 0 Å². The molecule has 1 amide bonds. The van der Waals surface area contributed by atoms with Crippen molar-refractivity contribution in [2.24, 2.45) is 13.0 Å². The van der Waals surface area contributed by atoms with Crippen LogP contribution >= 0.6 is 11.3 Å². The van der Waals surface area contributed by atoms with Gasteiger partial charge in [0.15, 0.2) is 0 Å². The van der Waals surface area contributed by atoms with E-state index < -0.39 is 0 Å². The zero-order valence-corrected chi connectivity index (χ0v) is 15.2. The van der Waals surface area contributed by atoms with Crippen LogP contribution in [0, 0.1) is 12.8 Å². The molecule has 0 spiro atoms. The van der Waals surface area contributed by atoms with E-state index in [1.54, 1.807) is 11.3 Å². The minimum absolute atomic E-state index is 0.0476. The lowest BCUT2D eigenvalue weighted by molar-refractivity contribution is -0.127. The average molecular weight is 344 g/mol. The Morgan fingerprint density at radius 1 is 1.42 bits per heavy atom. The molecule has 2 heterocycles. The second-order valence-electron chi connectivity index (χ2n) is 7.25. The molecule has 1 N–H and O–H groups in total. The van der Waals surface area contributed by atoms with Gasteiger partial charge < -0.3 is 5.32 Å². The van der Waals surface area contributed by atoms with Crippen LogP contribution in [-0.4, -0.2) is 20.7 Å². The summed E-state index contributed by atoms with van der Waals surface area (Å²) >= 11 is 1.69. The molecule has 5 nitrogen and oxygen atoms in total. The Labute approximate surface area is 146 Å². The van der Waals surface area contributed by atoms with Crippen LogP contribution in [0.3, 0.4) is 0 Å². The van der Waals surface area contributed by atoms with E-state index in [0.29, 0.717) is 0 Å². The fraction of sp³-hybridized carbons (Fsp3) is 0.611. The Balaban J connectivity index is 1.53. The number of thiazole rings is 1. The van der Waals surface area contributed by atoms with Crippen LogP contribution in [-0.2, 0) is 30.2 Å². The summed E-state index contributed by atoms with van der Waals surface area (Å²) in [5.74, 6) is 0.239. The summed E-state index contributed by atoms with van der Waals surface area (Å²) in [7, 11) is 1.97. The molecule has 2 aromatic rings. The van der Waals surface area contributed by atoms with Crippen LogP contribution < -0.4 is 5.32 Å². The molecule has 2 aliphatic rings. The molecule has 1 fully saturated rings. The molecular weight excluding hydrogens is 320 g/mol. The average Bonchev–Trinajstić information content (AvgIpc) is 3.29. The first-order valence-electron chi connectivity index (χ1n) is 8.82. The summed E-state index contributed by atoms with van der Waals surface area (Å²) in [6.07, 6.45) is 8.95. The van der Waals surface area contributed by atoms with E-state index in [1.807, 2.05) is 24.9 Å². The van der Waals surface area contributed by atoms with E-state index in [0.717, 1.165) is 55.6 Å². The van der Waals surface area contributed by atoms with Crippen LogP contribution in [0.15, 0.2) is 11.6 Å². The molecule has 0 aromatic carbocycles. The van der Waals surface area contributed by atoms with Crippen LogP contribution in [0.4, 0.5) is 0 Å². The lowest BCUT2D eigenvalue weighted by Gasteiger charge is -2.31. The number of hydrogen-bond donors (Lipinski definition) is 1. The largest absolute Gasteiger partial charge is 0.344 e. The molecule has 2 aromatic heterocycles. The fourth-order valence-corrected chi connectivity index (χ4v) is 5.16. The van der Waals surface area contributed by atoms with E-state index >= 15 is 0 Å². The van der Waals surface area contributed by atoms with Crippen LogP contribution in [0.1, 0.15) is 54.1 Å². The van der Waals surface area contributed by atoms with E-state index in [9.17, 15) is 4.79 Å². The number of hydrogen-bond acceptors (Lipinski definition) is 4. The van der Waals surface area contributed by atoms with Gasteiger partial charge in [-0.15, -0.1) is 11.3 Å². The summed E-state index contributed by atoms with van der Waals surface area (Å²) in [6.45, 7) is 2.02. The summed E-state index contributed by atoms with van der Waals surface area (Å²) in [5.41, 5.74) is 3.33. The highest BCUT2D eigenvalue weighted by molar-refractivity contribution is 7.09. The molecule has 0 bridgehead atoms. The third-order valence-electron chi connectivity index (χ3n) is 5.57. The minimum Gasteiger partial charge on any atom is -0.344 e. The maximum Gasteiger partial charge on any atom is 0.224 e. The van der Waals surface area contributed by atoms with Gasteiger partial charge in [0.05, 0.1) is 11.7 Å². The van der Waals surface area contributed by atoms with Crippen molar-refractivity contribution in [3.8, 4) is 0 Å². The predicted molar refractivity (Wildman–Crippen MR) is 93.9 cm³/mol. The Bertz CT molecular complexity index is 757. The van der Waals surface area contributed by atoms with Crippen molar-refractivity contribution in [2.45, 2.75) is 57.4 Å². The lowest BCUT2D eigenvalue weighted by atomic mass is 9.86. The monoisotopic (exact) mass is 344 g/mol. The number of nitrogens with zero attached hydrogens (tertiary/aromatic N) is 3. The summed E-state index contributed by atoms with van der Waals surface area (Å²) in [6, 6.07) is 0. The second kappa shape index (κ2) is 5.99. The van der Waals surface area contributed by atoms with Crippen molar-refractivity contribution >= 4 is 17.2 Å². The first-order chi connectivity index (χ1) is 11.6. The Morgan fingerprint density at radius 2 is 2.21 bits per heavy atom. The van der Waals surface area contributed by atoms with Gasteiger partial charge in [-0.1, -0.05) is 12.8 Å². The molecular formula is C18H24N4OS. The molecule has 1 atom stereocenters. The topological polar surface area (TPSA) is 59.8 Å². The highest BCUT2D eigenvalue weighted by atomic mass is 32.1. The predicted octanol–water partition coefficient (Wildman–Crippen LogP) is 2.88. The molecule has 128 valence electrons. The van der Waals surface area contributed by atoms with Gasteiger partial charge in [-0.25, -0.2) is 4.98 Å². The van der Waals surface area contributed by atoms with Crippen LogP contribution in [0.2, 0.25) is 0 Å². The molecule has 2 aliphatic carbocycles. The quantitative estimate of drug-likeness (QED) is 0.931. The van der Waals surface area contributed by atoms with E-state index in [-0.39, 0.29) is 17.4 Å². The number of aromatic nitrogens is 3. The molecule has 0 unspecified atom stereocenters. The van der Waals surface area contributed by atoms with Crippen molar-refractivity contribution < 1.29 is 4.79 Å². The summed E-state index contributed by atoms with van der Waals surface area (Å²) < 4.78 is 1.92. The van der Waals surface area contributed by atoms with Gasteiger partial charge in [0.2, 0.25) is 5.91 Å². The van der Waals surface area contributed by atoms with Crippen molar-refractivity contribution in [2.75, 3.05) is 0 Å². The smallest absolute Gasteiger partial charge is 0.224 e. The highest BCUT2D eigenvalue weighted by Crippen LogP contribution is 2.40. The Kier molecular flexibility index (Phi) is 3.95. The molecule has 4 rings (SSSR count). The van der Waals surface area contributed by atoms with Gasteiger partial charge in [-0.3, -0.25) is 9.48 Å². The second-order valence-corrected chi connectivity index (χ2v) is 8.11. The fourth-order valence-electron chi connectivity index (χ4n) is 4.15. The van der Waals surface area contributed by atoms with Crippen molar-refractivity contribution in [3.63, 3.8) is 0 Å². The molecule has 0 saturated heterocycles. The number of fused-ring (bicyclic) bond motifs is 1. The zero-order chi connectivity index (χ0) is 16.7. The van der Waals surface area contributed by atoms with Gasteiger partial charge in [-0.2, -0.15) is 5.10 Å². The SMILES string of the molecule is Cc1csc(C2(NC(=O)[C@@H]3CCc4cnn(C)c4C3)CCCC2)n1. The molecule has 0 aliphatic heterocycles. The number of amides is 1. The molecule has 6 heteroatoms. The van der Waals surface area contributed by atoms with Gasteiger partial charge in [0, 0.05) is 36.2 Å². The zero-order valence-electron chi connectivity index (χ0n) is 14.3. The standard InChI is InChI=1S/C18H24N4OS/c1-12-11-24-17(20-12)18(7-3-4-8-18)21-16(23)13-5-6-14-10-19-22(2)15(14)9-13/h10-11,13H,3-9H2,1-2H3,(H,21,23)/t13-/m1/s1. The van der Waals surface area contributed by atoms with E-state index in [1.165, 1.54) is 11.3 Å². The highest BCUT2D eigenvalue weighted by Gasteiger charge is 2.41. The van der Waals surface area contributed by atoms with Gasteiger partial charge in [0.25, 0.3) is 0 Å². The third-order valence-corrected chi connectivity index (χ3v) is 6.73. The number of rotatable bonds is 3. The molecule has 1 saturated carbocycles. The van der Waals surface area contributed by atoms with Crippen LogP contribution in [0.25, 0.3) is 0 Å². The number of aryl methyl sites for hydroxylation is 3. The number of carbonyl (C=O) groups is 1. The van der Waals surface area contributed by atoms with Gasteiger partial charge in [-0.05, 0) is 38.2 Å². The van der Waals surface area contributed by atoms with Crippen molar-refractivity contribution in [1.82, 2.24) is 20.1 Å². The van der Waals surface area contributed by atoms with E-state index in [2.05, 4.69) is 15.8 Å². The summed E-state index contributed by atoms with van der Waals surface area (Å²) in [4.78, 5) is 17.7. The Hall–Kier alpha value is -1.69. The normalized spacial score (nSPS) is 22.3. The third kappa shape index (κ3) is 2.66. The first-order valence-corrected chi connectivity index (χ1v) is 9.70. The summed E-state index contributed by atoms with van der Waals surface area (Å²) in [5, 5.41) is 10.9. The van der Waals surface area contributed by atoms with Crippen LogP contribution in [0.5, 0.6) is 0 Å². The van der Waals surface area contributed by atoms with Crippen molar-refractivity contribution in [3.05, 3.63) is 33.5 Å². The maximum absolute atomic E-state index is 13.0. The van der Waals surface area contributed by atoms with Crippen molar-refractivity contribution in [1.29, 1.82) is 0 Å². The number of carbonyl (C=O) groups excluding carboxylic acids is 1.